The molecule has 0 aromatic heterocycles. The van der Waals surface area contributed by atoms with Crippen LogP contribution in [0.25, 0.3) is 0 Å². The highest BCUT2D eigenvalue weighted by Gasteiger charge is 2.84. The van der Waals surface area contributed by atoms with Gasteiger partial charge < -0.3 is 14.6 Å². The second-order valence-electron chi connectivity index (χ2n) is 5.78. The minimum atomic E-state index is -5.74. The fourth-order valence-electron chi connectivity index (χ4n) is 2.13. The molecule has 1 aliphatic rings. The predicted octanol–water partition coefficient (Wildman–Crippen LogP) is 2.89. The molecule has 1 fully saturated rings. The van der Waals surface area contributed by atoms with Crippen molar-refractivity contribution in [2.75, 3.05) is 6.61 Å². The topological polar surface area (TPSA) is 55.8 Å². The van der Waals surface area contributed by atoms with Gasteiger partial charge in [0.1, 0.15) is 0 Å². The number of hydrogen-bond acceptors (Lipinski definition) is 4. The molecule has 0 amide bonds. The van der Waals surface area contributed by atoms with Gasteiger partial charge in [-0.05, 0) is 6.42 Å². The van der Waals surface area contributed by atoms with E-state index < -0.39 is 47.9 Å². The quantitative estimate of drug-likeness (QED) is 0.634. The summed E-state index contributed by atoms with van der Waals surface area (Å²) in [7, 11) is 0. The smallest absolute Gasteiger partial charge is 0.449 e. The van der Waals surface area contributed by atoms with E-state index in [1.165, 1.54) is 20.8 Å². The molecule has 0 bridgehead atoms. The molecule has 3 atom stereocenters. The Labute approximate surface area is 124 Å². The number of carbonyl (C=O) groups excluding carboxylic acids is 1. The molecule has 0 saturated carbocycles. The van der Waals surface area contributed by atoms with Crippen LogP contribution in [0.2, 0.25) is 0 Å². The first-order valence-electron chi connectivity index (χ1n) is 6.80. The van der Waals surface area contributed by atoms with Crippen LogP contribution in [0.4, 0.5) is 22.0 Å². The van der Waals surface area contributed by atoms with Gasteiger partial charge in [0.05, 0.1) is 12.5 Å². The van der Waals surface area contributed by atoms with Gasteiger partial charge in [-0.1, -0.05) is 27.7 Å². The van der Waals surface area contributed by atoms with E-state index >= 15 is 0 Å². The van der Waals surface area contributed by atoms with E-state index in [1.54, 1.807) is 6.92 Å². The summed E-state index contributed by atoms with van der Waals surface area (Å²) >= 11 is 0. The van der Waals surface area contributed by atoms with Crippen molar-refractivity contribution in [3.05, 3.63) is 0 Å². The maximum absolute atomic E-state index is 14.4. The van der Waals surface area contributed by atoms with Crippen LogP contribution in [0.1, 0.15) is 34.1 Å². The molecule has 4 nitrogen and oxygen atoms in total. The molecule has 3 unspecified atom stereocenters. The largest absolute Gasteiger partial charge is 0.449 e. The minimum absolute atomic E-state index is 0.267. The average molecular weight is 334 g/mol. The molecule has 0 aromatic rings. The molecule has 1 N–H and O–H groups in total. The van der Waals surface area contributed by atoms with E-state index in [0.29, 0.717) is 0 Å². The Kier molecular flexibility index (Phi) is 4.85. The lowest BCUT2D eigenvalue weighted by Crippen LogP contribution is -2.66. The van der Waals surface area contributed by atoms with E-state index in [1.807, 2.05) is 0 Å². The number of ether oxygens (including phenoxy) is 2. The Bertz CT molecular complexity index is 437. The number of halogens is 5. The van der Waals surface area contributed by atoms with E-state index in [2.05, 4.69) is 4.74 Å². The zero-order valence-electron chi connectivity index (χ0n) is 12.6. The fourth-order valence-corrected chi connectivity index (χ4v) is 2.13. The van der Waals surface area contributed by atoms with Gasteiger partial charge in [-0.25, -0.2) is 0 Å². The molecule has 0 aliphatic carbocycles. The van der Waals surface area contributed by atoms with Crippen molar-refractivity contribution in [2.24, 2.45) is 11.8 Å². The molecule has 9 heteroatoms. The summed E-state index contributed by atoms with van der Waals surface area (Å²) in [5.74, 6) is -12.6. The van der Waals surface area contributed by atoms with Crippen LogP contribution >= 0.6 is 0 Å². The van der Waals surface area contributed by atoms with E-state index in [4.69, 9.17) is 4.74 Å². The second kappa shape index (κ2) is 5.59. The second-order valence-corrected chi connectivity index (χ2v) is 5.78. The molecule has 130 valence electrons. The van der Waals surface area contributed by atoms with Gasteiger partial charge in [0.2, 0.25) is 5.60 Å². The van der Waals surface area contributed by atoms with Crippen LogP contribution in [-0.4, -0.2) is 41.2 Å². The van der Waals surface area contributed by atoms with Gasteiger partial charge in [0.25, 0.3) is 0 Å². The molecule has 1 rings (SSSR count). The lowest BCUT2D eigenvalue weighted by atomic mass is 9.82. The van der Waals surface area contributed by atoms with Gasteiger partial charge in [-0.15, -0.1) is 0 Å². The van der Waals surface area contributed by atoms with Crippen molar-refractivity contribution in [3.63, 3.8) is 0 Å². The third kappa shape index (κ3) is 2.47. The highest BCUT2D eigenvalue weighted by atomic mass is 19.4. The van der Waals surface area contributed by atoms with Crippen LogP contribution in [0, 0.1) is 11.8 Å². The monoisotopic (exact) mass is 334 g/mol. The highest BCUT2D eigenvalue weighted by Crippen LogP contribution is 2.57. The zero-order valence-corrected chi connectivity index (χ0v) is 12.6. The Hall–Kier alpha value is -0.960. The standard InChI is InChI=1S/C13H19F5O4/c1-5-8(4)9(19)22-10(7(2)3)6-21-12(20,11(10,14)15)13(16,17)18/h7-8,20H,5-6H2,1-4H3. The number of aliphatic hydroxyl groups is 1. The van der Waals surface area contributed by atoms with Crippen LogP contribution < -0.4 is 0 Å². The fraction of sp³-hybridized carbons (Fsp3) is 0.923. The highest BCUT2D eigenvalue weighted by molar-refractivity contribution is 5.72. The molecule has 0 spiro atoms. The molecule has 0 aromatic carbocycles. The first-order valence-corrected chi connectivity index (χ1v) is 6.80. The van der Waals surface area contributed by atoms with Crippen LogP contribution in [0.5, 0.6) is 0 Å². The summed E-state index contributed by atoms with van der Waals surface area (Å²) in [4.78, 5) is 11.8. The van der Waals surface area contributed by atoms with Crippen LogP contribution in [0.15, 0.2) is 0 Å². The van der Waals surface area contributed by atoms with E-state index in [0.717, 1.165) is 0 Å². The van der Waals surface area contributed by atoms with Gasteiger partial charge in [0.15, 0.2) is 0 Å². The Morgan fingerprint density at radius 3 is 2.14 bits per heavy atom. The zero-order chi connectivity index (χ0) is 17.6. The summed E-state index contributed by atoms with van der Waals surface area (Å²) in [5, 5.41) is 9.36. The molecule has 1 saturated heterocycles. The lowest BCUT2D eigenvalue weighted by molar-refractivity contribution is -0.411. The third-order valence-corrected chi connectivity index (χ3v) is 4.07. The SMILES string of the molecule is CCC(C)C(=O)OC1(C(C)C)COC(O)(C(F)(F)F)C1(F)F. The van der Waals surface area contributed by atoms with Crippen molar-refractivity contribution >= 4 is 5.97 Å². The Morgan fingerprint density at radius 2 is 1.82 bits per heavy atom. The summed E-state index contributed by atoms with van der Waals surface area (Å²) < 4.78 is 76.0. The maximum atomic E-state index is 14.4. The van der Waals surface area contributed by atoms with Crippen molar-refractivity contribution in [3.8, 4) is 0 Å². The first kappa shape index (κ1) is 19.1. The first-order chi connectivity index (χ1) is 9.77. The number of esters is 1. The number of carbonyl (C=O) groups is 1. The molecular formula is C13H19F5O4. The van der Waals surface area contributed by atoms with Crippen LogP contribution in [0.3, 0.4) is 0 Å². The van der Waals surface area contributed by atoms with Crippen LogP contribution in [-0.2, 0) is 14.3 Å². The summed E-state index contributed by atoms with van der Waals surface area (Å²) in [6.45, 7) is 4.09. The van der Waals surface area contributed by atoms with E-state index in [9.17, 15) is 31.9 Å². The van der Waals surface area contributed by atoms with Crippen molar-refractivity contribution < 1.29 is 41.3 Å². The Morgan fingerprint density at radius 1 is 1.32 bits per heavy atom. The van der Waals surface area contributed by atoms with Gasteiger partial charge >= 0.3 is 23.9 Å². The van der Waals surface area contributed by atoms with Crippen molar-refractivity contribution in [1.29, 1.82) is 0 Å². The summed E-state index contributed by atoms with van der Waals surface area (Å²) in [6.07, 6.45) is -5.47. The maximum Gasteiger partial charge on any atom is 0.449 e. The average Bonchev–Trinajstić information content (AvgIpc) is 2.59. The molecule has 0 radical (unpaired) electrons. The number of hydrogen-bond donors (Lipinski definition) is 1. The number of alkyl halides is 5. The molecule has 1 heterocycles. The Balaban J connectivity index is 3.30. The number of rotatable bonds is 4. The lowest BCUT2D eigenvalue weighted by Gasteiger charge is -2.40. The normalized spacial score (nSPS) is 33.0. The van der Waals surface area contributed by atoms with Gasteiger partial charge in [0, 0.05) is 5.92 Å². The van der Waals surface area contributed by atoms with Gasteiger partial charge in [-0.3, -0.25) is 4.79 Å². The van der Waals surface area contributed by atoms with E-state index in [-0.39, 0.29) is 6.42 Å². The minimum Gasteiger partial charge on any atom is -0.449 e. The third-order valence-electron chi connectivity index (χ3n) is 4.07. The predicted molar refractivity (Wildman–Crippen MR) is 65.0 cm³/mol. The molecule has 1 aliphatic heterocycles. The van der Waals surface area contributed by atoms with Gasteiger partial charge in [-0.2, -0.15) is 22.0 Å². The molecular weight excluding hydrogens is 315 g/mol. The summed E-state index contributed by atoms with van der Waals surface area (Å²) in [6, 6.07) is 0. The summed E-state index contributed by atoms with van der Waals surface area (Å²) in [5.41, 5.74) is -2.89. The molecule has 22 heavy (non-hydrogen) atoms. The van der Waals surface area contributed by atoms with Crippen molar-refractivity contribution in [2.45, 2.75) is 57.6 Å². The van der Waals surface area contributed by atoms with Crippen molar-refractivity contribution in [1.82, 2.24) is 0 Å².